The maximum Gasteiger partial charge on any atom is 0.322 e. The van der Waals surface area contributed by atoms with Crippen molar-refractivity contribution in [3.05, 3.63) is 53.2 Å². The zero-order valence-corrected chi connectivity index (χ0v) is 18.5. The van der Waals surface area contributed by atoms with Gasteiger partial charge in [-0.25, -0.2) is 9.97 Å². The molecule has 0 saturated heterocycles. The lowest BCUT2D eigenvalue weighted by atomic mass is 9.88. The fraction of sp³-hybridized carbons (Fsp3) is 0.261. The molecule has 2 bridgehead atoms. The van der Waals surface area contributed by atoms with Crippen molar-refractivity contribution in [1.82, 2.24) is 20.3 Å². The number of aromatic nitrogens is 3. The molecule has 2 amide bonds. The smallest absolute Gasteiger partial charge is 0.322 e. The summed E-state index contributed by atoms with van der Waals surface area (Å²) >= 11 is 6.49. The molecule has 0 radical (unpaired) electrons. The molecule has 3 aromatic rings. The number of fused-ring (bicyclic) bond motifs is 3. The summed E-state index contributed by atoms with van der Waals surface area (Å²) in [6.45, 7) is -0.477. The molecule has 0 spiro atoms. The second-order valence-corrected chi connectivity index (χ2v) is 8.88. The van der Waals surface area contributed by atoms with Crippen LogP contribution in [0, 0.1) is 17.8 Å². The van der Waals surface area contributed by atoms with Crippen LogP contribution in [0.1, 0.15) is 16.8 Å². The first-order valence-electron chi connectivity index (χ1n) is 10.7. The Labute approximate surface area is 198 Å². The van der Waals surface area contributed by atoms with Gasteiger partial charge in [0.2, 0.25) is 5.91 Å². The number of pyridine rings is 1. The minimum Gasteiger partial charge on any atom is -0.480 e. The third kappa shape index (κ3) is 3.86. The number of nitrogens with zero attached hydrogens (tertiary/aromatic N) is 2. The van der Waals surface area contributed by atoms with Gasteiger partial charge in [-0.2, -0.15) is 0 Å². The summed E-state index contributed by atoms with van der Waals surface area (Å²) in [4.78, 5) is 47.2. The highest BCUT2D eigenvalue weighted by molar-refractivity contribution is 6.34. The van der Waals surface area contributed by atoms with Crippen molar-refractivity contribution >= 4 is 46.2 Å². The maximum atomic E-state index is 12.3. The molecule has 0 aliphatic heterocycles. The van der Waals surface area contributed by atoms with Crippen LogP contribution in [-0.4, -0.2) is 50.4 Å². The van der Waals surface area contributed by atoms with E-state index in [9.17, 15) is 14.4 Å². The molecule has 1 saturated carbocycles. The van der Waals surface area contributed by atoms with Crippen LogP contribution in [0.25, 0.3) is 22.6 Å². The first-order chi connectivity index (χ1) is 16.3. The summed E-state index contributed by atoms with van der Waals surface area (Å²) in [5.41, 5.74) is 8.16. The number of benzene rings is 1. The normalized spacial score (nSPS) is 22.7. The molecule has 2 aliphatic carbocycles. The number of carboxylic acids is 1. The van der Waals surface area contributed by atoms with E-state index in [2.05, 4.69) is 37.7 Å². The van der Waals surface area contributed by atoms with Crippen molar-refractivity contribution in [2.45, 2.75) is 12.5 Å². The Bertz CT molecular complexity index is 1350. The summed E-state index contributed by atoms with van der Waals surface area (Å²) < 4.78 is 0. The van der Waals surface area contributed by atoms with Gasteiger partial charge in [0.15, 0.2) is 5.65 Å². The van der Waals surface area contributed by atoms with Gasteiger partial charge in [-0.05, 0) is 30.4 Å². The molecule has 10 nitrogen and oxygen atoms in total. The van der Waals surface area contributed by atoms with Crippen molar-refractivity contribution in [1.29, 1.82) is 0 Å². The van der Waals surface area contributed by atoms with Gasteiger partial charge in [-0.15, -0.1) is 0 Å². The number of aliphatic carboxylic acids is 1. The molecule has 1 aromatic carbocycles. The number of amides is 2. The number of halogens is 1. The summed E-state index contributed by atoms with van der Waals surface area (Å²) in [5.74, 6) is -1.58. The van der Waals surface area contributed by atoms with Crippen LogP contribution in [0.5, 0.6) is 0 Å². The molecule has 5 rings (SSSR count). The van der Waals surface area contributed by atoms with Crippen molar-refractivity contribution in [2.75, 3.05) is 11.9 Å². The Morgan fingerprint density at radius 2 is 2.03 bits per heavy atom. The van der Waals surface area contributed by atoms with Crippen LogP contribution in [0.3, 0.4) is 0 Å². The monoisotopic (exact) mass is 480 g/mol. The molecule has 2 aromatic heterocycles. The molecule has 2 heterocycles. The van der Waals surface area contributed by atoms with Crippen LogP contribution in [0.2, 0.25) is 5.02 Å². The molecule has 1 unspecified atom stereocenters. The second kappa shape index (κ2) is 8.45. The number of allylic oxidation sites excluding steroid dienone is 1. The number of carboxylic acid groups (broad SMARTS) is 1. The molecule has 6 N–H and O–H groups in total. The number of rotatable bonds is 7. The molecule has 174 valence electrons. The van der Waals surface area contributed by atoms with Crippen LogP contribution in [0.4, 0.5) is 5.69 Å². The SMILES string of the molecule is NC(=O)C1[C@@H]2C=C[C@@H](C2)[C@H]1Nc1c(Cl)cnc2nc(-c3cccc(C(=O)NCC(=O)O)c3)[nH]c12. The molecular formula is C23H21ClN6O4. The Kier molecular flexibility index (Phi) is 5.45. The van der Waals surface area contributed by atoms with Gasteiger partial charge < -0.3 is 26.5 Å². The zero-order chi connectivity index (χ0) is 24.0. The van der Waals surface area contributed by atoms with E-state index in [0.717, 1.165) is 6.42 Å². The van der Waals surface area contributed by atoms with Crippen LogP contribution in [0.15, 0.2) is 42.6 Å². The van der Waals surface area contributed by atoms with Gasteiger partial charge >= 0.3 is 5.97 Å². The average molecular weight is 481 g/mol. The standard InChI is InChI=1S/C23H21ClN6O4/c24-14-8-26-22-19(18(14)28-17-11-5-4-10(6-11)16(17)20(25)33)29-21(30-22)12-2-1-3-13(7-12)23(34)27-9-15(31)32/h1-5,7-8,10-11,16-17H,6,9H2,(H2,25,33)(H,27,34)(H,31,32)(H2,26,28,29,30)/t10-,11+,16?,17-/m1/s1. The lowest BCUT2D eigenvalue weighted by molar-refractivity contribution is -0.135. The lowest BCUT2D eigenvalue weighted by Gasteiger charge is -2.28. The minimum absolute atomic E-state index is 0.114. The van der Waals surface area contributed by atoms with Crippen molar-refractivity contribution in [3.63, 3.8) is 0 Å². The molecular weight excluding hydrogens is 460 g/mol. The highest BCUT2D eigenvalue weighted by Crippen LogP contribution is 2.46. The van der Waals surface area contributed by atoms with E-state index in [1.165, 1.54) is 6.20 Å². The number of primary amides is 1. The minimum atomic E-state index is -1.13. The lowest BCUT2D eigenvalue weighted by Crippen LogP contribution is -2.41. The molecule has 4 atom stereocenters. The molecule has 1 fully saturated rings. The molecule has 11 heteroatoms. The van der Waals surface area contributed by atoms with E-state index < -0.39 is 18.4 Å². The number of aromatic amines is 1. The van der Waals surface area contributed by atoms with E-state index in [1.54, 1.807) is 24.3 Å². The van der Waals surface area contributed by atoms with E-state index in [4.69, 9.17) is 22.4 Å². The summed E-state index contributed by atoms with van der Waals surface area (Å²) in [5, 5.41) is 14.9. The third-order valence-electron chi connectivity index (χ3n) is 6.37. The van der Waals surface area contributed by atoms with Crippen molar-refractivity contribution in [3.8, 4) is 11.4 Å². The molecule has 34 heavy (non-hydrogen) atoms. The van der Waals surface area contributed by atoms with Crippen LogP contribution < -0.4 is 16.4 Å². The van der Waals surface area contributed by atoms with Crippen LogP contribution in [-0.2, 0) is 9.59 Å². The number of imidazole rings is 1. The summed E-state index contributed by atoms with van der Waals surface area (Å²) in [6.07, 6.45) is 6.51. The van der Waals surface area contributed by atoms with Gasteiger partial charge in [0.05, 0.1) is 22.8 Å². The summed E-state index contributed by atoms with van der Waals surface area (Å²) in [7, 11) is 0. The van der Waals surface area contributed by atoms with E-state index in [1.807, 2.05) is 0 Å². The number of anilines is 1. The third-order valence-corrected chi connectivity index (χ3v) is 6.66. The van der Waals surface area contributed by atoms with E-state index >= 15 is 0 Å². The highest BCUT2D eigenvalue weighted by Gasteiger charge is 2.47. The Hall–Kier alpha value is -3.92. The van der Waals surface area contributed by atoms with Gasteiger partial charge in [-0.1, -0.05) is 35.9 Å². The van der Waals surface area contributed by atoms with E-state index in [0.29, 0.717) is 38.8 Å². The van der Waals surface area contributed by atoms with Gasteiger partial charge in [0.1, 0.15) is 17.9 Å². The van der Waals surface area contributed by atoms with Gasteiger partial charge in [0.25, 0.3) is 5.91 Å². The summed E-state index contributed by atoms with van der Waals surface area (Å²) in [6, 6.07) is 6.44. The number of hydrogen-bond donors (Lipinski definition) is 5. The number of H-pyrrole nitrogens is 1. The largest absolute Gasteiger partial charge is 0.480 e. The van der Waals surface area contributed by atoms with Crippen molar-refractivity contribution < 1.29 is 19.5 Å². The predicted molar refractivity (Wildman–Crippen MR) is 125 cm³/mol. The van der Waals surface area contributed by atoms with Crippen LogP contribution >= 0.6 is 11.6 Å². The Balaban J connectivity index is 1.47. The fourth-order valence-electron chi connectivity index (χ4n) is 4.85. The second-order valence-electron chi connectivity index (χ2n) is 8.47. The average Bonchev–Trinajstić information content (AvgIpc) is 3.54. The fourth-order valence-corrected chi connectivity index (χ4v) is 5.05. The van der Waals surface area contributed by atoms with Gasteiger partial charge in [-0.3, -0.25) is 14.4 Å². The first-order valence-corrected chi connectivity index (χ1v) is 11.1. The predicted octanol–water partition coefficient (Wildman–Crippen LogP) is 2.18. The van der Waals surface area contributed by atoms with E-state index in [-0.39, 0.29) is 29.7 Å². The number of carbonyl (C=O) groups excluding carboxylic acids is 2. The Morgan fingerprint density at radius 3 is 2.79 bits per heavy atom. The maximum absolute atomic E-state index is 12.3. The van der Waals surface area contributed by atoms with Crippen molar-refractivity contribution in [2.24, 2.45) is 23.5 Å². The topological polar surface area (TPSA) is 163 Å². The number of nitrogens with two attached hydrogens (primary N) is 1. The zero-order valence-electron chi connectivity index (χ0n) is 17.8. The first kappa shape index (κ1) is 21.9. The Morgan fingerprint density at radius 1 is 1.24 bits per heavy atom. The highest BCUT2D eigenvalue weighted by atomic mass is 35.5. The number of hydrogen-bond acceptors (Lipinski definition) is 6. The quantitative estimate of drug-likeness (QED) is 0.323. The molecule has 2 aliphatic rings. The number of carbonyl (C=O) groups is 3. The van der Waals surface area contributed by atoms with Gasteiger partial charge in [0, 0.05) is 17.2 Å². The number of nitrogens with one attached hydrogen (secondary N) is 3.